The van der Waals surface area contributed by atoms with E-state index in [2.05, 4.69) is 23.1 Å². The molecule has 1 amide bonds. The second kappa shape index (κ2) is 9.84. The summed E-state index contributed by atoms with van der Waals surface area (Å²) < 4.78 is 32.5. The van der Waals surface area contributed by atoms with Crippen molar-refractivity contribution in [1.82, 2.24) is 20.5 Å². The summed E-state index contributed by atoms with van der Waals surface area (Å²) >= 11 is 5.13. The van der Waals surface area contributed by atoms with Crippen molar-refractivity contribution in [3.63, 3.8) is 0 Å². The average Bonchev–Trinajstić information content (AvgIpc) is 3.24. The molecule has 29 heavy (non-hydrogen) atoms. The summed E-state index contributed by atoms with van der Waals surface area (Å²) in [5, 5.41) is 3.29. The summed E-state index contributed by atoms with van der Waals surface area (Å²) in [6.45, 7) is 4.56. The van der Waals surface area contributed by atoms with Crippen molar-refractivity contribution in [3.8, 4) is 0 Å². The van der Waals surface area contributed by atoms with E-state index in [9.17, 15) is 13.2 Å². The summed E-state index contributed by atoms with van der Waals surface area (Å²) in [6, 6.07) is 5.94. The zero-order chi connectivity index (χ0) is 20.9. The topological polar surface area (TPSA) is 99.8 Å². The molecule has 3 N–H and O–H groups in total. The second-order valence-electron chi connectivity index (χ2n) is 7.54. The lowest BCUT2D eigenvalue weighted by molar-refractivity contribution is 0.0943. The van der Waals surface area contributed by atoms with Gasteiger partial charge in [-0.1, -0.05) is 6.92 Å². The number of hydrogen-bond donors (Lipinski definition) is 3. The SMILES string of the molecule is CC1CCN(S(=O)(=O)c2ccc(C(=O)NNC(=S)NC[C@H]3CCCO3)cc2)CC1. The first kappa shape index (κ1) is 21.9. The molecule has 0 bridgehead atoms. The van der Waals surface area contributed by atoms with Gasteiger partial charge in [-0.3, -0.25) is 15.6 Å². The van der Waals surface area contributed by atoms with E-state index < -0.39 is 15.9 Å². The molecule has 1 aromatic carbocycles. The van der Waals surface area contributed by atoms with Gasteiger partial charge >= 0.3 is 0 Å². The summed E-state index contributed by atoms with van der Waals surface area (Å²) in [5.41, 5.74) is 5.49. The molecule has 2 fully saturated rings. The molecule has 2 aliphatic rings. The molecule has 1 atom stereocenters. The fourth-order valence-corrected chi connectivity index (χ4v) is 5.00. The summed E-state index contributed by atoms with van der Waals surface area (Å²) in [7, 11) is -3.53. The van der Waals surface area contributed by atoms with Crippen molar-refractivity contribution < 1.29 is 17.9 Å². The molecule has 160 valence electrons. The first-order chi connectivity index (χ1) is 13.9. The molecule has 0 unspecified atom stereocenters. The number of nitrogens with one attached hydrogen (secondary N) is 3. The van der Waals surface area contributed by atoms with Crippen LogP contribution in [-0.2, 0) is 14.8 Å². The molecular formula is C19H28N4O4S2. The Bertz CT molecular complexity index is 815. The van der Waals surface area contributed by atoms with E-state index in [-0.39, 0.29) is 11.0 Å². The highest BCUT2D eigenvalue weighted by molar-refractivity contribution is 7.89. The Kier molecular flexibility index (Phi) is 7.44. The van der Waals surface area contributed by atoms with E-state index in [1.54, 1.807) is 0 Å². The standard InChI is InChI=1S/C19H28N4O4S2/c1-14-8-10-23(11-9-14)29(25,26)17-6-4-15(5-7-17)18(24)21-22-19(28)20-13-16-3-2-12-27-16/h4-7,14,16H,2-3,8-13H2,1H3,(H,21,24)(H2,20,22,28)/t16-/m1/s1. The first-order valence-corrected chi connectivity index (χ1v) is 11.8. The van der Waals surface area contributed by atoms with E-state index in [1.807, 2.05) is 0 Å². The summed E-state index contributed by atoms with van der Waals surface area (Å²) in [6.07, 6.45) is 3.92. The molecule has 0 radical (unpaired) electrons. The van der Waals surface area contributed by atoms with Gasteiger partial charge in [-0.15, -0.1) is 0 Å². The number of rotatable bonds is 5. The summed E-state index contributed by atoms with van der Waals surface area (Å²) in [4.78, 5) is 12.5. The van der Waals surface area contributed by atoms with Gasteiger partial charge < -0.3 is 10.1 Å². The number of sulfonamides is 1. The van der Waals surface area contributed by atoms with E-state index >= 15 is 0 Å². The number of nitrogens with zero attached hydrogens (tertiary/aromatic N) is 1. The Morgan fingerprint density at radius 1 is 1.17 bits per heavy atom. The number of hydrazine groups is 1. The van der Waals surface area contributed by atoms with Crippen LogP contribution >= 0.6 is 12.2 Å². The number of carbonyl (C=O) groups is 1. The van der Waals surface area contributed by atoms with Crippen LogP contribution in [0.5, 0.6) is 0 Å². The maximum atomic E-state index is 12.7. The third kappa shape index (κ3) is 5.88. The Hall–Kier alpha value is -1.75. The maximum absolute atomic E-state index is 12.7. The highest BCUT2D eigenvalue weighted by atomic mass is 32.2. The minimum absolute atomic E-state index is 0.142. The van der Waals surface area contributed by atoms with Gasteiger partial charge in [0.2, 0.25) is 10.0 Å². The van der Waals surface area contributed by atoms with Gasteiger partial charge in [0.05, 0.1) is 11.0 Å². The van der Waals surface area contributed by atoms with Crippen LogP contribution in [0.1, 0.15) is 43.0 Å². The van der Waals surface area contributed by atoms with Crippen LogP contribution in [0.15, 0.2) is 29.2 Å². The molecule has 1 aromatic rings. The van der Waals surface area contributed by atoms with E-state index in [0.29, 0.717) is 36.2 Å². The lowest BCUT2D eigenvalue weighted by Crippen LogP contribution is -2.48. The zero-order valence-electron chi connectivity index (χ0n) is 16.5. The second-order valence-corrected chi connectivity index (χ2v) is 9.88. The monoisotopic (exact) mass is 440 g/mol. The minimum atomic E-state index is -3.53. The van der Waals surface area contributed by atoms with Crippen LogP contribution in [0.2, 0.25) is 0 Å². The van der Waals surface area contributed by atoms with Crippen molar-refractivity contribution in [2.75, 3.05) is 26.2 Å². The number of benzene rings is 1. The molecule has 0 aromatic heterocycles. The number of thiocarbonyl (C=S) groups is 1. The normalized spacial score (nSPS) is 20.9. The molecule has 2 heterocycles. The Morgan fingerprint density at radius 3 is 2.48 bits per heavy atom. The van der Waals surface area contributed by atoms with E-state index in [4.69, 9.17) is 17.0 Å². The van der Waals surface area contributed by atoms with E-state index in [1.165, 1.54) is 28.6 Å². The van der Waals surface area contributed by atoms with Gasteiger partial charge in [-0.25, -0.2) is 8.42 Å². The number of piperidine rings is 1. The average molecular weight is 441 g/mol. The minimum Gasteiger partial charge on any atom is -0.376 e. The van der Waals surface area contributed by atoms with Gasteiger partial charge in [0, 0.05) is 31.8 Å². The van der Waals surface area contributed by atoms with Crippen LogP contribution in [0.4, 0.5) is 0 Å². The number of amides is 1. The van der Waals surface area contributed by atoms with Crippen molar-refractivity contribution in [1.29, 1.82) is 0 Å². The lowest BCUT2D eigenvalue weighted by Gasteiger charge is -2.29. The fourth-order valence-electron chi connectivity index (χ4n) is 3.39. The Morgan fingerprint density at radius 2 is 1.86 bits per heavy atom. The molecule has 10 heteroatoms. The Balaban J connectivity index is 1.49. The zero-order valence-corrected chi connectivity index (χ0v) is 18.2. The highest BCUT2D eigenvalue weighted by Crippen LogP contribution is 2.23. The third-order valence-electron chi connectivity index (χ3n) is 5.30. The largest absolute Gasteiger partial charge is 0.376 e. The smallest absolute Gasteiger partial charge is 0.269 e. The highest BCUT2D eigenvalue weighted by Gasteiger charge is 2.28. The molecule has 0 saturated carbocycles. The van der Waals surface area contributed by atoms with Gasteiger partial charge in [0.15, 0.2) is 5.11 Å². The van der Waals surface area contributed by atoms with Crippen LogP contribution in [-0.4, -0.2) is 56.1 Å². The van der Waals surface area contributed by atoms with E-state index in [0.717, 1.165) is 32.3 Å². The van der Waals surface area contributed by atoms with Gasteiger partial charge in [0.25, 0.3) is 5.91 Å². The van der Waals surface area contributed by atoms with Crippen molar-refractivity contribution >= 4 is 33.3 Å². The van der Waals surface area contributed by atoms with Crippen molar-refractivity contribution in [2.24, 2.45) is 5.92 Å². The number of carbonyl (C=O) groups excluding carboxylic acids is 1. The third-order valence-corrected chi connectivity index (χ3v) is 7.46. The molecular weight excluding hydrogens is 412 g/mol. The maximum Gasteiger partial charge on any atom is 0.269 e. The predicted octanol–water partition coefficient (Wildman–Crippen LogP) is 1.40. The van der Waals surface area contributed by atoms with Crippen molar-refractivity contribution in [3.05, 3.63) is 29.8 Å². The molecule has 3 rings (SSSR count). The van der Waals surface area contributed by atoms with Crippen LogP contribution in [0.25, 0.3) is 0 Å². The predicted molar refractivity (Wildman–Crippen MR) is 114 cm³/mol. The Labute approximate surface area is 177 Å². The van der Waals surface area contributed by atoms with Crippen LogP contribution < -0.4 is 16.2 Å². The molecule has 0 spiro atoms. The van der Waals surface area contributed by atoms with Gasteiger partial charge in [0.1, 0.15) is 0 Å². The molecule has 2 saturated heterocycles. The molecule has 8 nitrogen and oxygen atoms in total. The van der Waals surface area contributed by atoms with Gasteiger partial charge in [-0.2, -0.15) is 4.31 Å². The number of ether oxygens (including phenoxy) is 1. The number of hydrogen-bond acceptors (Lipinski definition) is 5. The fraction of sp³-hybridized carbons (Fsp3) is 0.579. The lowest BCUT2D eigenvalue weighted by atomic mass is 10.0. The van der Waals surface area contributed by atoms with Crippen molar-refractivity contribution in [2.45, 2.75) is 43.6 Å². The van der Waals surface area contributed by atoms with Crippen LogP contribution in [0.3, 0.4) is 0 Å². The molecule has 0 aliphatic carbocycles. The quantitative estimate of drug-likeness (QED) is 0.470. The summed E-state index contributed by atoms with van der Waals surface area (Å²) in [5.74, 6) is 0.147. The van der Waals surface area contributed by atoms with Crippen LogP contribution in [0, 0.1) is 5.92 Å². The van der Waals surface area contributed by atoms with Gasteiger partial charge in [-0.05, 0) is 68.1 Å². The first-order valence-electron chi connectivity index (χ1n) is 9.92. The molecule has 2 aliphatic heterocycles.